The third kappa shape index (κ3) is 3.54. The number of carbonyl (C=O) groups excluding carboxylic acids is 2. The third-order valence-corrected chi connectivity index (χ3v) is 4.78. The molecule has 0 spiro atoms. The first-order valence-corrected chi connectivity index (χ1v) is 8.66. The van der Waals surface area contributed by atoms with Gasteiger partial charge in [-0.1, -0.05) is 28.1 Å². The number of amides is 2. The number of anilines is 1. The molecular formula is C19H18BrNO4. The predicted molar refractivity (Wildman–Crippen MR) is 98.2 cm³/mol. The molecule has 0 aromatic heterocycles. The van der Waals surface area contributed by atoms with E-state index >= 15 is 0 Å². The maximum Gasteiger partial charge on any atom is 0.234 e. The second-order valence-corrected chi connectivity index (χ2v) is 6.74. The smallest absolute Gasteiger partial charge is 0.234 e. The van der Waals surface area contributed by atoms with Crippen LogP contribution in [0, 0.1) is 0 Å². The number of benzene rings is 2. The Bertz CT molecular complexity index is 803. The number of piperidine rings is 1. The molecule has 0 saturated carbocycles. The molecule has 1 aliphatic rings. The normalized spacial score (nSPS) is 15.4. The summed E-state index contributed by atoms with van der Waals surface area (Å²) in [6, 6.07) is 12.7. The van der Waals surface area contributed by atoms with Crippen LogP contribution < -0.4 is 14.4 Å². The molecule has 0 N–H and O–H groups in total. The van der Waals surface area contributed by atoms with E-state index in [1.165, 1.54) is 4.90 Å². The van der Waals surface area contributed by atoms with Crippen molar-refractivity contribution in [3.8, 4) is 11.5 Å². The second-order valence-electron chi connectivity index (χ2n) is 5.82. The summed E-state index contributed by atoms with van der Waals surface area (Å²) in [5.74, 6) is 0.649. The van der Waals surface area contributed by atoms with E-state index in [0.717, 1.165) is 10.0 Å². The molecule has 1 saturated heterocycles. The van der Waals surface area contributed by atoms with Crippen molar-refractivity contribution in [1.82, 2.24) is 0 Å². The summed E-state index contributed by atoms with van der Waals surface area (Å²) in [6.07, 6.45) is 0.543. The number of hydrogen-bond donors (Lipinski definition) is 0. The zero-order valence-electron chi connectivity index (χ0n) is 14.0. The Kier molecular flexibility index (Phi) is 5.08. The molecule has 1 heterocycles. The van der Waals surface area contributed by atoms with Crippen molar-refractivity contribution in [2.45, 2.75) is 18.8 Å². The van der Waals surface area contributed by atoms with Crippen molar-refractivity contribution in [2.75, 3.05) is 19.1 Å². The molecule has 1 aliphatic heterocycles. The Morgan fingerprint density at radius 2 is 1.64 bits per heavy atom. The van der Waals surface area contributed by atoms with Crippen molar-refractivity contribution < 1.29 is 19.1 Å². The minimum Gasteiger partial charge on any atom is -0.493 e. The van der Waals surface area contributed by atoms with Crippen LogP contribution in [0.2, 0.25) is 0 Å². The van der Waals surface area contributed by atoms with Crippen LogP contribution in [0.3, 0.4) is 0 Å². The fourth-order valence-corrected chi connectivity index (χ4v) is 3.45. The molecule has 2 aromatic rings. The molecule has 1 fully saturated rings. The van der Waals surface area contributed by atoms with Gasteiger partial charge >= 0.3 is 0 Å². The van der Waals surface area contributed by atoms with Crippen molar-refractivity contribution >= 4 is 33.4 Å². The molecule has 6 heteroatoms. The van der Waals surface area contributed by atoms with E-state index in [4.69, 9.17) is 9.47 Å². The molecule has 2 amide bonds. The topological polar surface area (TPSA) is 55.8 Å². The van der Waals surface area contributed by atoms with Gasteiger partial charge < -0.3 is 9.47 Å². The van der Waals surface area contributed by atoms with Gasteiger partial charge in [-0.3, -0.25) is 14.5 Å². The van der Waals surface area contributed by atoms with Gasteiger partial charge in [-0.25, -0.2) is 0 Å². The Balaban J connectivity index is 1.85. The average Bonchev–Trinajstić information content (AvgIpc) is 2.60. The fourth-order valence-electron chi connectivity index (χ4n) is 3.06. The predicted octanol–water partition coefficient (Wildman–Crippen LogP) is 3.90. The first-order chi connectivity index (χ1) is 12.0. The van der Waals surface area contributed by atoms with Crippen LogP contribution in [0.15, 0.2) is 46.9 Å². The summed E-state index contributed by atoms with van der Waals surface area (Å²) in [7, 11) is 3.13. The lowest BCUT2D eigenvalue weighted by Gasteiger charge is -2.30. The van der Waals surface area contributed by atoms with Gasteiger partial charge in [-0.2, -0.15) is 0 Å². The molecule has 130 valence electrons. The maximum absolute atomic E-state index is 12.6. The van der Waals surface area contributed by atoms with Crippen molar-refractivity contribution in [1.29, 1.82) is 0 Å². The molecule has 3 rings (SSSR count). The summed E-state index contributed by atoms with van der Waals surface area (Å²) >= 11 is 3.37. The number of nitrogens with zero attached hydrogens (tertiary/aromatic N) is 1. The van der Waals surface area contributed by atoms with Crippen LogP contribution in [-0.4, -0.2) is 26.0 Å². The number of ether oxygens (including phenoxy) is 2. The summed E-state index contributed by atoms with van der Waals surface area (Å²) in [6.45, 7) is 0. The number of imide groups is 1. The summed E-state index contributed by atoms with van der Waals surface area (Å²) in [5, 5.41) is 0. The molecule has 0 aliphatic carbocycles. The SMILES string of the molecule is COc1ccc(C2CC(=O)N(c3cccc(Br)c3)C(=O)C2)cc1OC. The fraction of sp³-hybridized carbons (Fsp3) is 0.263. The highest BCUT2D eigenvalue weighted by Crippen LogP contribution is 2.37. The van der Waals surface area contributed by atoms with Crippen LogP contribution in [0.5, 0.6) is 11.5 Å². The largest absolute Gasteiger partial charge is 0.493 e. The van der Waals surface area contributed by atoms with Crippen LogP contribution in [0.1, 0.15) is 24.3 Å². The molecule has 0 unspecified atom stereocenters. The Labute approximate surface area is 154 Å². The van der Waals surface area contributed by atoms with Gasteiger partial charge in [0.15, 0.2) is 11.5 Å². The molecular weight excluding hydrogens is 386 g/mol. The van der Waals surface area contributed by atoms with Crippen LogP contribution >= 0.6 is 15.9 Å². The van der Waals surface area contributed by atoms with E-state index in [9.17, 15) is 9.59 Å². The highest BCUT2D eigenvalue weighted by atomic mass is 79.9. The Hall–Kier alpha value is -2.34. The van der Waals surface area contributed by atoms with Gasteiger partial charge in [0.1, 0.15) is 0 Å². The number of carbonyl (C=O) groups is 2. The molecule has 25 heavy (non-hydrogen) atoms. The van der Waals surface area contributed by atoms with Gasteiger partial charge in [-0.05, 0) is 35.9 Å². The van der Waals surface area contributed by atoms with Gasteiger partial charge in [0, 0.05) is 23.2 Å². The lowest BCUT2D eigenvalue weighted by Crippen LogP contribution is -2.42. The Morgan fingerprint density at radius 3 is 2.24 bits per heavy atom. The van der Waals surface area contributed by atoms with E-state index in [2.05, 4.69) is 15.9 Å². The first kappa shape index (κ1) is 17.5. The lowest BCUT2D eigenvalue weighted by molar-refractivity contribution is -0.129. The Morgan fingerprint density at radius 1 is 0.960 bits per heavy atom. The van der Waals surface area contributed by atoms with Crippen LogP contribution in [0.25, 0.3) is 0 Å². The number of rotatable bonds is 4. The minimum atomic E-state index is -0.200. The van der Waals surface area contributed by atoms with Crippen molar-refractivity contribution in [3.63, 3.8) is 0 Å². The van der Waals surface area contributed by atoms with E-state index in [0.29, 0.717) is 17.2 Å². The number of hydrogen-bond acceptors (Lipinski definition) is 4. The zero-order valence-corrected chi connectivity index (χ0v) is 15.6. The van der Waals surface area contributed by atoms with Crippen molar-refractivity contribution in [2.24, 2.45) is 0 Å². The number of halogens is 1. The van der Waals surface area contributed by atoms with E-state index in [1.54, 1.807) is 38.5 Å². The summed E-state index contributed by atoms with van der Waals surface area (Å²) in [4.78, 5) is 26.5. The van der Waals surface area contributed by atoms with Crippen molar-refractivity contribution in [3.05, 3.63) is 52.5 Å². The number of methoxy groups -OCH3 is 2. The van der Waals surface area contributed by atoms with E-state index in [1.807, 2.05) is 18.2 Å². The van der Waals surface area contributed by atoms with Gasteiger partial charge in [-0.15, -0.1) is 0 Å². The lowest BCUT2D eigenvalue weighted by atomic mass is 9.88. The molecule has 5 nitrogen and oxygen atoms in total. The summed E-state index contributed by atoms with van der Waals surface area (Å²) in [5.41, 5.74) is 1.49. The maximum atomic E-state index is 12.6. The monoisotopic (exact) mass is 403 g/mol. The van der Waals surface area contributed by atoms with Crippen LogP contribution in [0.4, 0.5) is 5.69 Å². The van der Waals surface area contributed by atoms with Gasteiger partial charge in [0.2, 0.25) is 11.8 Å². The summed E-state index contributed by atoms with van der Waals surface area (Å²) < 4.78 is 11.4. The van der Waals surface area contributed by atoms with E-state index in [-0.39, 0.29) is 30.6 Å². The van der Waals surface area contributed by atoms with Crippen LogP contribution in [-0.2, 0) is 9.59 Å². The highest BCUT2D eigenvalue weighted by molar-refractivity contribution is 9.10. The zero-order chi connectivity index (χ0) is 18.0. The van der Waals surface area contributed by atoms with E-state index < -0.39 is 0 Å². The minimum absolute atomic E-state index is 0.164. The molecule has 0 bridgehead atoms. The molecule has 2 aromatic carbocycles. The quantitative estimate of drug-likeness (QED) is 0.726. The highest BCUT2D eigenvalue weighted by Gasteiger charge is 2.34. The third-order valence-electron chi connectivity index (χ3n) is 4.29. The standard InChI is InChI=1S/C19H18BrNO4/c1-24-16-7-6-12(8-17(16)25-2)13-9-18(22)21(19(23)10-13)15-5-3-4-14(20)11-15/h3-8,11,13H,9-10H2,1-2H3. The first-order valence-electron chi connectivity index (χ1n) is 7.86. The molecule has 0 atom stereocenters. The average molecular weight is 404 g/mol. The van der Waals surface area contributed by atoms with Gasteiger partial charge in [0.05, 0.1) is 19.9 Å². The van der Waals surface area contributed by atoms with Gasteiger partial charge in [0.25, 0.3) is 0 Å². The second kappa shape index (κ2) is 7.27. The molecule has 0 radical (unpaired) electrons.